The highest BCUT2D eigenvalue weighted by Crippen LogP contribution is 2.48. The maximum absolute atomic E-state index is 10.2. The van der Waals surface area contributed by atoms with E-state index in [9.17, 15) is 5.11 Å². The van der Waals surface area contributed by atoms with E-state index in [1.54, 1.807) is 7.11 Å². The second-order valence-electron chi connectivity index (χ2n) is 5.75. The van der Waals surface area contributed by atoms with Crippen LogP contribution in [0, 0.1) is 19.8 Å². The molecule has 3 nitrogen and oxygen atoms in total. The standard InChI is InChI=1S/C15H22O3/c1-8-7-11-13(18-15(8,4)5)10(3)9(2)12(16)14(11)17-6/h8,16H,7H2,1-6H3. The molecule has 0 radical (unpaired) electrons. The van der Waals surface area contributed by atoms with Gasteiger partial charge in [0.15, 0.2) is 11.5 Å². The molecule has 1 heterocycles. The second kappa shape index (κ2) is 4.08. The smallest absolute Gasteiger partial charge is 0.167 e. The lowest BCUT2D eigenvalue weighted by molar-refractivity contribution is 0.0334. The summed E-state index contributed by atoms with van der Waals surface area (Å²) in [5.41, 5.74) is 2.63. The number of aromatic hydroxyl groups is 1. The number of phenols is 1. The van der Waals surface area contributed by atoms with Crippen LogP contribution in [0.1, 0.15) is 37.5 Å². The van der Waals surface area contributed by atoms with Crippen molar-refractivity contribution in [2.45, 2.75) is 46.6 Å². The van der Waals surface area contributed by atoms with Gasteiger partial charge in [0.25, 0.3) is 0 Å². The van der Waals surface area contributed by atoms with Crippen LogP contribution < -0.4 is 9.47 Å². The van der Waals surface area contributed by atoms with E-state index in [2.05, 4.69) is 20.8 Å². The maximum atomic E-state index is 10.2. The zero-order valence-electron chi connectivity index (χ0n) is 12.0. The molecule has 0 amide bonds. The van der Waals surface area contributed by atoms with E-state index in [0.29, 0.717) is 11.7 Å². The first-order valence-corrected chi connectivity index (χ1v) is 6.37. The van der Waals surface area contributed by atoms with Crippen molar-refractivity contribution in [2.75, 3.05) is 7.11 Å². The Kier molecular flexibility index (Phi) is 2.96. The van der Waals surface area contributed by atoms with Crippen LogP contribution in [0.15, 0.2) is 0 Å². The van der Waals surface area contributed by atoms with Crippen molar-refractivity contribution < 1.29 is 14.6 Å². The number of rotatable bonds is 1. The first-order valence-electron chi connectivity index (χ1n) is 6.37. The molecule has 0 saturated heterocycles. The number of hydrogen-bond acceptors (Lipinski definition) is 3. The fourth-order valence-electron chi connectivity index (χ4n) is 2.45. The van der Waals surface area contributed by atoms with E-state index in [1.165, 1.54) is 0 Å². The summed E-state index contributed by atoms with van der Waals surface area (Å²) in [6.45, 7) is 10.2. The van der Waals surface area contributed by atoms with Gasteiger partial charge in [-0.2, -0.15) is 0 Å². The predicted octanol–water partition coefficient (Wildman–Crippen LogP) is 3.37. The molecule has 18 heavy (non-hydrogen) atoms. The third kappa shape index (κ3) is 1.73. The van der Waals surface area contributed by atoms with Gasteiger partial charge in [-0.1, -0.05) is 6.92 Å². The number of phenolic OH excluding ortho intramolecular Hbond substituents is 1. The van der Waals surface area contributed by atoms with Gasteiger partial charge in [0, 0.05) is 11.1 Å². The number of fused-ring (bicyclic) bond motifs is 1. The quantitative estimate of drug-likeness (QED) is 0.830. The number of hydrogen-bond donors (Lipinski definition) is 1. The predicted molar refractivity (Wildman–Crippen MR) is 71.7 cm³/mol. The van der Waals surface area contributed by atoms with Crippen LogP contribution >= 0.6 is 0 Å². The number of methoxy groups -OCH3 is 1. The molecule has 100 valence electrons. The summed E-state index contributed by atoms with van der Waals surface area (Å²) in [5, 5.41) is 10.2. The molecule has 1 N–H and O–H groups in total. The van der Waals surface area contributed by atoms with Crippen LogP contribution in [0.3, 0.4) is 0 Å². The first-order chi connectivity index (χ1) is 8.29. The molecule has 1 atom stereocenters. The van der Waals surface area contributed by atoms with Gasteiger partial charge in [-0.05, 0) is 45.6 Å². The Balaban J connectivity index is 2.69. The Hall–Kier alpha value is -1.38. The van der Waals surface area contributed by atoms with Gasteiger partial charge < -0.3 is 14.6 Å². The summed E-state index contributed by atoms with van der Waals surface area (Å²) in [6, 6.07) is 0. The lowest BCUT2D eigenvalue weighted by Gasteiger charge is -2.40. The summed E-state index contributed by atoms with van der Waals surface area (Å²) in [4.78, 5) is 0. The van der Waals surface area contributed by atoms with E-state index < -0.39 is 0 Å². The van der Waals surface area contributed by atoms with Crippen LogP contribution in [0.4, 0.5) is 0 Å². The maximum Gasteiger partial charge on any atom is 0.167 e. The first kappa shape index (κ1) is 13.1. The Bertz CT molecular complexity index is 489. The van der Waals surface area contributed by atoms with E-state index in [-0.39, 0.29) is 11.4 Å². The highest BCUT2D eigenvalue weighted by molar-refractivity contribution is 5.62. The Morgan fingerprint density at radius 2 is 1.89 bits per heavy atom. The van der Waals surface area contributed by atoms with Crippen molar-refractivity contribution in [1.29, 1.82) is 0 Å². The molecular weight excluding hydrogens is 228 g/mol. The van der Waals surface area contributed by atoms with Gasteiger partial charge in [-0.15, -0.1) is 0 Å². The second-order valence-corrected chi connectivity index (χ2v) is 5.75. The van der Waals surface area contributed by atoms with Crippen molar-refractivity contribution in [3.63, 3.8) is 0 Å². The fraction of sp³-hybridized carbons (Fsp3) is 0.600. The molecule has 2 rings (SSSR count). The van der Waals surface area contributed by atoms with Crippen molar-refractivity contribution in [3.05, 3.63) is 16.7 Å². The zero-order chi connectivity index (χ0) is 13.7. The van der Waals surface area contributed by atoms with E-state index >= 15 is 0 Å². The molecule has 0 aromatic heterocycles. The minimum absolute atomic E-state index is 0.188. The van der Waals surface area contributed by atoms with E-state index in [0.717, 1.165) is 28.9 Å². The summed E-state index contributed by atoms with van der Waals surface area (Å²) >= 11 is 0. The largest absolute Gasteiger partial charge is 0.504 e. The summed E-state index contributed by atoms with van der Waals surface area (Å²) in [5.74, 6) is 2.06. The molecule has 1 aromatic carbocycles. The molecule has 1 unspecified atom stereocenters. The van der Waals surface area contributed by atoms with Crippen molar-refractivity contribution >= 4 is 0 Å². The normalized spacial score (nSPS) is 21.1. The third-order valence-electron chi connectivity index (χ3n) is 4.29. The molecule has 0 aliphatic carbocycles. The van der Waals surface area contributed by atoms with Crippen molar-refractivity contribution in [2.24, 2.45) is 5.92 Å². The minimum atomic E-state index is -0.188. The van der Waals surface area contributed by atoms with Gasteiger partial charge >= 0.3 is 0 Å². The molecule has 1 aliphatic rings. The van der Waals surface area contributed by atoms with Crippen LogP contribution in [0.2, 0.25) is 0 Å². The number of benzene rings is 1. The topological polar surface area (TPSA) is 38.7 Å². The van der Waals surface area contributed by atoms with Gasteiger partial charge in [0.05, 0.1) is 7.11 Å². The van der Waals surface area contributed by atoms with Crippen LogP contribution in [0.25, 0.3) is 0 Å². The van der Waals surface area contributed by atoms with Gasteiger partial charge in [0.1, 0.15) is 11.4 Å². The summed E-state index contributed by atoms with van der Waals surface area (Å²) in [7, 11) is 1.59. The van der Waals surface area contributed by atoms with Crippen LogP contribution in [-0.4, -0.2) is 17.8 Å². The lowest BCUT2D eigenvalue weighted by atomic mass is 9.82. The van der Waals surface area contributed by atoms with Crippen molar-refractivity contribution in [3.8, 4) is 17.2 Å². The fourth-order valence-corrected chi connectivity index (χ4v) is 2.45. The summed E-state index contributed by atoms with van der Waals surface area (Å²) < 4.78 is 11.5. The zero-order valence-corrected chi connectivity index (χ0v) is 12.0. The molecule has 0 spiro atoms. The summed E-state index contributed by atoms with van der Waals surface area (Å²) in [6.07, 6.45) is 0.861. The highest BCUT2D eigenvalue weighted by atomic mass is 16.5. The van der Waals surface area contributed by atoms with E-state index in [4.69, 9.17) is 9.47 Å². The minimum Gasteiger partial charge on any atom is -0.504 e. The molecule has 1 aromatic rings. The molecule has 0 saturated carbocycles. The highest BCUT2D eigenvalue weighted by Gasteiger charge is 2.37. The van der Waals surface area contributed by atoms with E-state index in [1.807, 2.05) is 13.8 Å². The Morgan fingerprint density at radius 3 is 2.44 bits per heavy atom. The molecule has 0 fully saturated rings. The van der Waals surface area contributed by atoms with Crippen LogP contribution in [-0.2, 0) is 6.42 Å². The van der Waals surface area contributed by atoms with Gasteiger partial charge in [-0.25, -0.2) is 0 Å². The van der Waals surface area contributed by atoms with Crippen molar-refractivity contribution in [1.82, 2.24) is 0 Å². The monoisotopic (exact) mass is 250 g/mol. The number of ether oxygens (including phenoxy) is 2. The average Bonchev–Trinajstić information content (AvgIpc) is 2.30. The van der Waals surface area contributed by atoms with Gasteiger partial charge in [0.2, 0.25) is 0 Å². The Morgan fingerprint density at radius 1 is 1.28 bits per heavy atom. The lowest BCUT2D eigenvalue weighted by Crippen LogP contribution is -2.41. The average molecular weight is 250 g/mol. The third-order valence-corrected chi connectivity index (χ3v) is 4.29. The Labute approximate surface area is 109 Å². The molecule has 0 bridgehead atoms. The SMILES string of the molecule is COc1c(O)c(C)c(C)c2c1CC(C)C(C)(C)O2. The van der Waals surface area contributed by atoms with Crippen LogP contribution in [0.5, 0.6) is 17.2 Å². The molecule has 3 heteroatoms. The van der Waals surface area contributed by atoms with Gasteiger partial charge in [-0.3, -0.25) is 0 Å². The molecular formula is C15H22O3. The molecule has 1 aliphatic heterocycles.